The molecule has 4 rings (SSSR count). The Labute approximate surface area is 176 Å². The maximum absolute atomic E-state index is 13.8. The van der Waals surface area contributed by atoms with Gasteiger partial charge in [-0.3, -0.25) is 9.59 Å². The van der Waals surface area contributed by atoms with Gasteiger partial charge in [-0.15, -0.1) is 0 Å². The van der Waals surface area contributed by atoms with Crippen LogP contribution in [0.4, 0.5) is 4.39 Å². The number of fused-ring (bicyclic) bond motifs is 2. The summed E-state index contributed by atoms with van der Waals surface area (Å²) in [5.74, 6) is -0.963. The van der Waals surface area contributed by atoms with Crippen molar-refractivity contribution in [2.75, 3.05) is 27.2 Å². The van der Waals surface area contributed by atoms with Crippen LogP contribution in [0.1, 0.15) is 27.7 Å². The van der Waals surface area contributed by atoms with Gasteiger partial charge >= 0.3 is 0 Å². The molecule has 0 fully saturated rings. The smallest absolute Gasteiger partial charge is 0.290 e. The molecule has 5 nitrogen and oxygen atoms in total. The van der Waals surface area contributed by atoms with Crippen LogP contribution in [0.2, 0.25) is 10.0 Å². The number of benzene rings is 2. The molecule has 1 amide bonds. The first-order valence-electron chi connectivity index (χ1n) is 8.95. The van der Waals surface area contributed by atoms with Gasteiger partial charge in [0.1, 0.15) is 11.4 Å². The summed E-state index contributed by atoms with van der Waals surface area (Å²) in [6.45, 7) is 0.949. The van der Waals surface area contributed by atoms with Crippen LogP contribution in [0.25, 0.3) is 11.0 Å². The van der Waals surface area contributed by atoms with E-state index in [0.717, 1.165) is 6.07 Å². The number of amides is 1. The minimum Gasteiger partial charge on any atom is -0.450 e. The number of hydrogen-bond acceptors (Lipinski definition) is 4. The molecule has 0 saturated heterocycles. The predicted molar refractivity (Wildman–Crippen MR) is 110 cm³/mol. The van der Waals surface area contributed by atoms with Crippen LogP contribution in [0.3, 0.4) is 0 Å². The molecule has 0 aliphatic carbocycles. The lowest BCUT2D eigenvalue weighted by Gasteiger charge is -2.26. The molecule has 0 spiro atoms. The van der Waals surface area contributed by atoms with Crippen molar-refractivity contribution in [2.45, 2.75) is 6.04 Å². The third-order valence-electron chi connectivity index (χ3n) is 4.98. The Morgan fingerprint density at radius 3 is 2.55 bits per heavy atom. The van der Waals surface area contributed by atoms with Crippen LogP contribution in [0.5, 0.6) is 0 Å². The average molecular weight is 435 g/mol. The topological polar surface area (TPSA) is 53.8 Å². The largest absolute Gasteiger partial charge is 0.450 e. The van der Waals surface area contributed by atoms with Gasteiger partial charge < -0.3 is 14.2 Å². The summed E-state index contributed by atoms with van der Waals surface area (Å²) < 4.78 is 19.5. The fraction of sp³-hybridized carbons (Fsp3) is 0.238. The van der Waals surface area contributed by atoms with Gasteiger partial charge in [0.2, 0.25) is 5.76 Å². The third kappa shape index (κ3) is 3.41. The van der Waals surface area contributed by atoms with Crippen molar-refractivity contribution >= 4 is 40.1 Å². The second-order valence-corrected chi connectivity index (χ2v) is 8.01. The lowest BCUT2D eigenvalue weighted by Crippen LogP contribution is -2.35. The molecule has 0 saturated carbocycles. The Hall–Kier alpha value is -2.41. The van der Waals surface area contributed by atoms with Crippen molar-refractivity contribution in [3.8, 4) is 0 Å². The highest BCUT2D eigenvalue weighted by Crippen LogP contribution is 2.39. The van der Waals surface area contributed by atoms with Crippen LogP contribution in [0, 0.1) is 5.82 Å². The lowest BCUT2D eigenvalue weighted by atomic mass is 9.98. The van der Waals surface area contributed by atoms with E-state index in [1.54, 1.807) is 23.1 Å². The summed E-state index contributed by atoms with van der Waals surface area (Å²) in [5.41, 5.74) is 0.557. The van der Waals surface area contributed by atoms with E-state index < -0.39 is 17.3 Å². The van der Waals surface area contributed by atoms with Gasteiger partial charge in [-0.25, -0.2) is 4.39 Å². The molecule has 1 aromatic heterocycles. The molecule has 3 aromatic rings. The summed E-state index contributed by atoms with van der Waals surface area (Å²) in [6.07, 6.45) is 0. The second-order valence-electron chi connectivity index (χ2n) is 7.19. The highest BCUT2D eigenvalue weighted by atomic mass is 35.5. The normalized spacial score (nSPS) is 16.1. The molecule has 1 aliphatic rings. The quantitative estimate of drug-likeness (QED) is 0.612. The SMILES string of the molecule is CN(C)CCN1C(=O)c2oc3ccc(F)cc3c(=O)c2C1c1ccc(Cl)c(Cl)c1. The Balaban J connectivity index is 1.96. The summed E-state index contributed by atoms with van der Waals surface area (Å²) in [4.78, 5) is 29.9. The van der Waals surface area contributed by atoms with E-state index in [9.17, 15) is 14.0 Å². The first-order valence-corrected chi connectivity index (χ1v) is 9.70. The van der Waals surface area contributed by atoms with Gasteiger partial charge in [0.15, 0.2) is 5.43 Å². The van der Waals surface area contributed by atoms with Gasteiger partial charge in [-0.1, -0.05) is 29.3 Å². The molecule has 2 heterocycles. The predicted octanol–water partition coefficient (Wildman–Crippen LogP) is 4.35. The minimum atomic E-state index is -0.698. The van der Waals surface area contributed by atoms with Crippen LogP contribution >= 0.6 is 23.2 Å². The molecule has 0 bridgehead atoms. The maximum Gasteiger partial charge on any atom is 0.290 e. The molecule has 1 unspecified atom stereocenters. The number of likely N-dealkylation sites (N-methyl/N-ethyl adjacent to an activating group) is 1. The minimum absolute atomic E-state index is 0.0241. The van der Waals surface area contributed by atoms with E-state index in [1.807, 2.05) is 19.0 Å². The Kier molecular flexibility index (Phi) is 5.11. The van der Waals surface area contributed by atoms with E-state index >= 15 is 0 Å². The average Bonchev–Trinajstić information content (AvgIpc) is 2.95. The van der Waals surface area contributed by atoms with Crippen LogP contribution in [-0.4, -0.2) is 42.9 Å². The first kappa shape index (κ1) is 19.9. The van der Waals surface area contributed by atoms with Gasteiger partial charge in [0.25, 0.3) is 5.91 Å². The zero-order valence-corrected chi connectivity index (χ0v) is 17.2. The zero-order valence-electron chi connectivity index (χ0n) is 15.7. The number of carbonyl (C=O) groups is 1. The summed E-state index contributed by atoms with van der Waals surface area (Å²) in [6, 6.07) is 7.95. The van der Waals surface area contributed by atoms with Crippen molar-refractivity contribution < 1.29 is 13.6 Å². The first-order chi connectivity index (χ1) is 13.8. The van der Waals surface area contributed by atoms with Gasteiger partial charge in [-0.2, -0.15) is 0 Å². The van der Waals surface area contributed by atoms with Crippen molar-refractivity contribution in [1.29, 1.82) is 0 Å². The van der Waals surface area contributed by atoms with Gasteiger partial charge in [0.05, 0.1) is 27.0 Å². The Morgan fingerprint density at radius 2 is 1.86 bits per heavy atom. The standard InChI is InChI=1S/C21H17Cl2FN2O3/c1-25(2)7-8-26-18(11-3-5-14(22)15(23)9-11)17-19(27)13-10-12(24)4-6-16(13)29-20(17)21(26)28/h3-6,9-10,18H,7-8H2,1-2H3. The fourth-order valence-electron chi connectivity index (χ4n) is 3.56. The van der Waals surface area contributed by atoms with E-state index in [4.69, 9.17) is 27.6 Å². The molecule has 0 radical (unpaired) electrons. The Bertz CT molecular complexity index is 1190. The number of carbonyl (C=O) groups excluding carboxylic acids is 1. The molecular weight excluding hydrogens is 418 g/mol. The van der Waals surface area contributed by atoms with Crippen LogP contribution in [0.15, 0.2) is 45.6 Å². The summed E-state index contributed by atoms with van der Waals surface area (Å²) in [7, 11) is 3.78. The molecular formula is C21H17Cl2FN2O3. The summed E-state index contributed by atoms with van der Waals surface area (Å²) in [5, 5.41) is 0.775. The highest BCUT2D eigenvalue weighted by Gasteiger charge is 2.42. The van der Waals surface area contributed by atoms with Crippen molar-refractivity contribution in [3.05, 3.63) is 79.4 Å². The van der Waals surface area contributed by atoms with Gasteiger partial charge in [-0.05, 0) is 50.0 Å². The number of halogens is 3. The number of hydrogen-bond donors (Lipinski definition) is 0. The van der Waals surface area contributed by atoms with E-state index in [2.05, 4.69) is 0 Å². The van der Waals surface area contributed by atoms with E-state index in [0.29, 0.717) is 28.7 Å². The van der Waals surface area contributed by atoms with E-state index in [1.165, 1.54) is 12.1 Å². The maximum atomic E-state index is 13.8. The second kappa shape index (κ2) is 7.44. The molecule has 1 atom stereocenters. The molecule has 8 heteroatoms. The zero-order chi connectivity index (χ0) is 20.9. The fourth-order valence-corrected chi connectivity index (χ4v) is 3.87. The molecule has 0 N–H and O–H groups in total. The summed E-state index contributed by atoms with van der Waals surface area (Å²) >= 11 is 12.2. The van der Waals surface area contributed by atoms with Crippen molar-refractivity contribution in [1.82, 2.24) is 9.80 Å². The van der Waals surface area contributed by atoms with Gasteiger partial charge in [0, 0.05) is 13.1 Å². The van der Waals surface area contributed by atoms with E-state index in [-0.39, 0.29) is 28.2 Å². The number of rotatable bonds is 4. The van der Waals surface area contributed by atoms with Crippen LogP contribution < -0.4 is 5.43 Å². The molecule has 29 heavy (non-hydrogen) atoms. The molecule has 1 aliphatic heterocycles. The number of nitrogens with zero attached hydrogens (tertiary/aromatic N) is 2. The Morgan fingerprint density at radius 1 is 1.10 bits per heavy atom. The monoisotopic (exact) mass is 434 g/mol. The van der Waals surface area contributed by atoms with Crippen LogP contribution in [-0.2, 0) is 0 Å². The third-order valence-corrected chi connectivity index (χ3v) is 5.71. The molecule has 2 aromatic carbocycles. The molecule has 150 valence electrons. The van der Waals surface area contributed by atoms with Crippen molar-refractivity contribution in [3.63, 3.8) is 0 Å². The highest BCUT2D eigenvalue weighted by molar-refractivity contribution is 6.42. The van der Waals surface area contributed by atoms with Crippen molar-refractivity contribution in [2.24, 2.45) is 0 Å². The lowest BCUT2D eigenvalue weighted by molar-refractivity contribution is 0.0716.